The van der Waals surface area contributed by atoms with Crippen molar-refractivity contribution in [1.82, 2.24) is 19.6 Å². The Morgan fingerprint density at radius 2 is 2.38 bits per heavy atom. The molecule has 0 aromatic carbocycles. The van der Waals surface area contributed by atoms with Crippen molar-refractivity contribution in [3.8, 4) is 0 Å². The average Bonchev–Trinajstić information content (AvgIpc) is 2.73. The fraction of sp³-hybridized carbons (Fsp3) is 0.500. The number of fused-ring (bicyclic) bond motifs is 1. The Hall–Kier alpha value is -0.810. The molecule has 0 bridgehead atoms. The zero-order valence-corrected chi connectivity index (χ0v) is 10.8. The van der Waals surface area contributed by atoms with Gasteiger partial charge >= 0.3 is 0 Å². The fourth-order valence-electron chi connectivity index (χ4n) is 1.27. The van der Waals surface area contributed by atoms with Gasteiger partial charge in [-0.25, -0.2) is 4.98 Å². The molecule has 0 radical (unpaired) electrons. The lowest BCUT2D eigenvalue weighted by atomic mass is 10.3. The summed E-state index contributed by atoms with van der Waals surface area (Å²) in [5, 5.41) is 5.22. The SMILES string of the molecule is Cc1cc(SCC(C)CCl)n2ncnc2n1. The predicted octanol–water partition coefficient (Wildman–Crippen LogP) is 2.40. The van der Waals surface area contributed by atoms with Gasteiger partial charge in [0.2, 0.25) is 0 Å². The smallest absolute Gasteiger partial charge is 0.216 e. The monoisotopic (exact) mass is 256 g/mol. The van der Waals surface area contributed by atoms with Gasteiger partial charge in [-0.1, -0.05) is 6.92 Å². The lowest BCUT2D eigenvalue weighted by Crippen LogP contribution is -2.02. The summed E-state index contributed by atoms with van der Waals surface area (Å²) in [4.78, 5) is 8.38. The zero-order chi connectivity index (χ0) is 11.5. The van der Waals surface area contributed by atoms with Crippen LogP contribution in [-0.4, -0.2) is 31.2 Å². The molecule has 2 rings (SSSR count). The third-order valence-corrected chi connectivity index (χ3v) is 3.98. The molecule has 0 aliphatic heterocycles. The summed E-state index contributed by atoms with van der Waals surface area (Å²) in [7, 11) is 0. The third kappa shape index (κ3) is 2.47. The number of hydrogen-bond donors (Lipinski definition) is 0. The van der Waals surface area contributed by atoms with E-state index in [9.17, 15) is 0 Å². The van der Waals surface area contributed by atoms with Crippen LogP contribution in [0.5, 0.6) is 0 Å². The zero-order valence-electron chi connectivity index (χ0n) is 9.22. The largest absolute Gasteiger partial charge is 0.253 e. The fourth-order valence-corrected chi connectivity index (χ4v) is 2.59. The van der Waals surface area contributed by atoms with E-state index in [1.807, 2.05) is 13.0 Å². The van der Waals surface area contributed by atoms with Crippen LogP contribution in [-0.2, 0) is 0 Å². The summed E-state index contributed by atoms with van der Waals surface area (Å²) in [5.41, 5.74) is 0.960. The molecule has 1 unspecified atom stereocenters. The Bertz CT molecular complexity index is 485. The molecular formula is C10H13ClN4S. The highest BCUT2D eigenvalue weighted by molar-refractivity contribution is 7.99. The van der Waals surface area contributed by atoms with Crippen molar-refractivity contribution < 1.29 is 0 Å². The van der Waals surface area contributed by atoms with E-state index in [2.05, 4.69) is 22.0 Å². The Labute approximate surface area is 103 Å². The van der Waals surface area contributed by atoms with Gasteiger partial charge in [0.15, 0.2) is 0 Å². The van der Waals surface area contributed by atoms with Gasteiger partial charge in [-0.2, -0.15) is 14.6 Å². The van der Waals surface area contributed by atoms with Crippen molar-refractivity contribution in [1.29, 1.82) is 0 Å². The first-order valence-electron chi connectivity index (χ1n) is 5.07. The van der Waals surface area contributed by atoms with Gasteiger partial charge in [-0.3, -0.25) is 0 Å². The van der Waals surface area contributed by atoms with E-state index < -0.39 is 0 Å². The van der Waals surface area contributed by atoms with Crippen LogP contribution in [0, 0.1) is 12.8 Å². The number of hydrogen-bond acceptors (Lipinski definition) is 4. The second-order valence-electron chi connectivity index (χ2n) is 3.78. The Kier molecular flexibility index (Phi) is 3.66. The van der Waals surface area contributed by atoms with Crippen molar-refractivity contribution >= 4 is 29.1 Å². The molecule has 2 heterocycles. The number of rotatable bonds is 4. The lowest BCUT2D eigenvalue weighted by molar-refractivity contribution is 0.754. The molecule has 0 amide bonds. The molecule has 0 saturated carbocycles. The van der Waals surface area contributed by atoms with E-state index in [-0.39, 0.29) is 0 Å². The van der Waals surface area contributed by atoms with Crippen LogP contribution in [0.4, 0.5) is 0 Å². The van der Waals surface area contributed by atoms with Gasteiger partial charge in [-0.05, 0) is 18.9 Å². The topological polar surface area (TPSA) is 43.1 Å². The molecule has 0 spiro atoms. The van der Waals surface area contributed by atoms with Crippen LogP contribution in [0.1, 0.15) is 12.6 Å². The van der Waals surface area contributed by atoms with Gasteiger partial charge in [0.1, 0.15) is 11.4 Å². The lowest BCUT2D eigenvalue weighted by Gasteiger charge is -2.08. The molecule has 0 N–H and O–H groups in total. The van der Waals surface area contributed by atoms with Crippen molar-refractivity contribution in [2.24, 2.45) is 5.92 Å². The highest BCUT2D eigenvalue weighted by atomic mass is 35.5. The second kappa shape index (κ2) is 5.01. The molecule has 6 heteroatoms. The van der Waals surface area contributed by atoms with Gasteiger partial charge in [-0.15, -0.1) is 23.4 Å². The molecule has 2 aromatic rings. The molecule has 86 valence electrons. The number of thioether (sulfide) groups is 1. The predicted molar refractivity (Wildman–Crippen MR) is 66.1 cm³/mol. The average molecular weight is 257 g/mol. The van der Waals surface area contributed by atoms with Crippen LogP contribution in [0.3, 0.4) is 0 Å². The molecule has 2 aromatic heterocycles. The Balaban J connectivity index is 2.25. The van der Waals surface area contributed by atoms with E-state index in [0.29, 0.717) is 17.6 Å². The summed E-state index contributed by atoms with van der Waals surface area (Å²) >= 11 is 7.52. The summed E-state index contributed by atoms with van der Waals surface area (Å²) in [6, 6.07) is 2.02. The van der Waals surface area contributed by atoms with Crippen molar-refractivity contribution in [3.05, 3.63) is 18.1 Å². The normalized spacial score (nSPS) is 13.2. The summed E-state index contributed by atoms with van der Waals surface area (Å²) < 4.78 is 1.76. The van der Waals surface area contributed by atoms with Crippen LogP contribution in [0.2, 0.25) is 0 Å². The van der Waals surface area contributed by atoms with Gasteiger partial charge in [0, 0.05) is 17.3 Å². The Morgan fingerprint density at radius 3 is 3.12 bits per heavy atom. The standard InChI is InChI=1S/C10H13ClN4S/c1-7(4-11)5-16-9-3-8(2)14-10-12-6-13-15(9)10/h3,6-7H,4-5H2,1-2H3. The maximum absolute atomic E-state index is 5.79. The number of alkyl halides is 1. The van der Waals surface area contributed by atoms with Crippen molar-refractivity contribution in [2.75, 3.05) is 11.6 Å². The Morgan fingerprint density at radius 1 is 1.56 bits per heavy atom. The van der Waals surface area contributed by atoms with Crippen LogP contribution in [0.25, 0.3) is 5.78 Å². The number of aryl methyl sites for hydroxylation is 1. The minimum atomic E-state index is 0.485. The molecule has 0 aliphatic rings. The van der Waals surface area contributed by atoms with Crippen LogP contribution >= 0.6 is 23.4 Å². The van der Waals surface area contributed by atoms with E-state index in [4.69, 9.17) is 11.6 Å². The first kappa shape index (κ1) is 11.7. The highest BCUT2D eigenvalue weighted by Gasteiger charge is 2.08. The summed E-state index contributed by atoms with van der Waals surface area (Å²) in [6.07, 6.45) is 1.52. The van der Waals surface area contributed by atoms with E-state index in [0.717, 1.165) is 16.5 Å². The second-order valence-corrected chi connectivity index (χ2v) is 5.13. The maximum atomic E-state index is 5.79. The minimum absolute atomic E-state index is 0.485. The van der Waals surface area contributed by atoms with Gasteiger partial charge < -0.3 is 0 Å². The van der Waals surface area contributed by atoms with Crippen LogP contribution in [0.15, 0.2) is 17.4 Å². The number of aromatic nitrogens is 4. The molecule has 0 fully saturated rings. The van der Waals surface area contributed by atoms with E-state index in [1.54, 1.807) is 16.3 Å². The minimum Gasteiger partial charge on any atom is -0.216 e. The first-order valence-corrected chi connectivity index (χ1v) is 6.59. The highest BCUT2D eigenvalue weighted by Crippen LogP contribution is 2.21. The quantitative estimate of drug-likeness (QED) is 0.479. The molecule has 16 heavy (non-hydrogen) atoms. The number of nitrogens with zero attached hydrogens (tertiary/aromatic N) is 4. The molecule has 0 saturated heterocycles. The maximum Gasteiger partial charge on any atom is 0.253 e. The van der Waals surface area contributed by atoms with Gasteiger partial charge in [0.05, 0.1) is 0 Å². The number of halogens is 1. The van der Waals surface area contributed by atoms with Crippen molar-refractivity contribution in [2.45, 2.75) is 18.9 Å². The summed E-state index contributed by atoms with van der Waals surface area (Å²) in [5.74, 6) is 2.79. The molecule has 1 atom stereocenters. The summed E-state index contributed by atoms with van der Waals surface area (Å²) in [6.45, 7) is 4.09. The van der Waals surface area contributed by atoms with Crippen LogP contribution < -0.4 is 0 Å². The van der Waals surface area contributed by atoms with Gasteiger partial charge in [0.25, 0.3) is 5.78 Å². The first-order chi connectivity index (χ1) is 7.70. The molecular weight excluding hydrogens is 244 g/mol. The van der Waals surface area contributed by atoms with Crippen molar-refractivity contribution in [3.63, 3.8) is 0 Å². The van der Waals surface area contributed by atoms with E-state index in [1.165, 1.54) is 6.33 Å². The molecule has 0 aliphatic carbocycles. The molecule has 4 nitrogen and oxygen atoms in total. The van der Waals surface area contributed by atoms with E-state index >= 15 is 0 Å². The third-order valence-electron chi connectivity index (χ3n) is 2.13.